The second kappa shape index (κ2) is 4.55. The third-order valence-electron chi connectivity index (χ3n) is 1.46. The van der Waals surface area contributed by atoms with Crippen molar-refractivity contribution in [1.29, 1.82) is 0 Å². The number of halogens is 3. The summed E-state index contributed by atoms with van der Waals surface area (Å²) in [6.07, 6.45) is -4.62. The summed E-state index contributed by atoms with van der Waals surface area (Å²) in [4.78, 5) is 10.4. The number of benzene rings is 1. The number of hydrogen-bond acceptors (Lipinski definition) is 1. The SMILES string of the molecule is O=C(O)c1ccccc1C(F)(F)F.[Zn]. The molecular formula is C8H5F3O2Zn. The van der Waals surface area contributed by atoms with Gasteiger partial charge in [0.2, 0.25) is 0 Å². The molecule has 0 fully saturated rings. The average molecular weight is 256 g/mol. The summed E-state index contributed by atoms with van der Waals surface area (Å²) in [5, 5.41) is 8.43. The molecule has 0 aliphatic heterocycles. The molecule has 0 spiro atoms. The largest absolute Gasteiger partial charge is 0.478 e. The number of carbonyl (C=O) groups is 1. The Labute approximate surface area is 90.5 Å². The van der Waals surface area contributed by atoms with Gasteiger partial charge in [-0.2, -0.15) is 13.2 Å². The summed E-state index contributed by atoms with van der Waals surface area (Å²) in [6, 6.07) is 4.06. The van der Waals surface area contributed by atoms with Crippen LogP contribution in [-0.4, -0.2) is 11.1 Å². The maximum Gasteiger partial charge on any atom is 0.417 e. The van der Waals surface area contributed by atoms with Gasteiger partial charge >= 0.3 is 12.1 Å². The van der Waals surface area contributed by atoms with Gasteiger partial charge < -0.3 is 5.11 Å². The average Bonchev–Trinajstić information content (AvgIpc) is 2.03. The van der Waals surface area contributed by atoms with Crippen LogP contribution < -0.4 is 0 Å². The van der Waals surface area contributed by atoms with Crippen molar-refractivity contribution < 1.29 is 42.6 Å². The van der Waals surface area contributed by atoms with Crippen LogP contribution in [0.1, 0.15) is 15.9 Å². The molecule has 72 valence electrons. The van der Waals surface area contributed by atoms with Crippen molar-refractivity contribution in [2.45, 2.75) is 6.18 Å². The van der Waals surface area contributed by atoms with Gasteiger partial charge in [-0.1, -0.05) is 12.1 Å². The molecule has 1 aromatic carbocycles. The van der Waals surface area contributed by atoms with Gasteiger partial charge in [0.05, 0.1) is 11.1 Å². The Morgan fingerprint density at radius 3 is 2.07 bits per heavy atom. The van der Waals surface area contributed by atoms with Crippen LogP contribution in [0.2, 0.25) is 0 Å². The van der Waals surface area contributed by atoms with Crippen molar-refractivity contribution in [3.8, 4) is 0 Å². The predicted octanol–water partition coefficient (Wildman–Crippen LogP) is 2.40. The fourth-order valence-electron chi connectivity index (χ4n) is 0.917. The van der Waals surface area contributed by atoms with Crippen molar-refractivity contribution >= 4 is 5.97 Å². The Balaban J connectivity index is 0.00000169. The molecule has 0 bridgehead atoms. The van der Waals surface area contributed by atoms with Crippen LogP contribution in [0.15, 0.2) is 24.3 Å². The van der Waals surface area contributed by atoms with Crippen molar-refractivity contribution in [3.63, 3.8) is 0 Å². The Bertz CT molecular complexity index is 336. The van der Waals surface area contributed by atoms with Crippen LogP contribution in [0.25, 0.3) is 0 Å². The van der Waals surface area contributed by atoms with E-state index in [9.17, 15) is 18.0 Å². The Hall–Kier alpha value is -0.897. The number of rotatable bonds is 1. The molecular weight excluding hydrogens is 250 g/mol. The molecule has 0 saturated carbocycles. The van der Waals surface area contributed by atoms with Crippen LogP contribution in [0.4, 0.5) is 13.2 Å². The molecule has 6 heteroatoms. The van der Waals surface area contributed by atoms with Crippen LogP contribution in [-0.2, 0) is 25.7 Å². The number of hydrogen-bond donors (Lipinski definition) is 1. The molecule has 0 aliphatic rings. The summed E-state index contributed by atoms with van der Waals surface area (Å²) in [7, 11) is 0. The third kappa shape index (κ3) is 2.80. The minimum Gasteiger partial charge on any atom is -0.478 e. The van der Waals surface area contributed by atoms with Crippen molar-refractivity contribution in [2.24, 2.45) is 0 Å². The molecule has 14 heavy (non-hydrogen) atoms. The van der Waals surface area contributed by atoms with Gasteiger partial charge in [0.15, 0.2) is 0 Å². The first-order valence-electron chi connectivity index (χ1n) is 3.32. The quantitative estimate of drug-likeness (QED) is 0.783. The maximum atomic E-state index is 12.1. The molecule has 0 saturated heterocycles. The van der Waals surface area contributed by atoms with Gasteiger partial charge in [-0.25, -0.2) is 4.79 Å². The minimum absolute atomic E-state index is 0. The van der Waals surface area contributed by atoms with Gasteiger partial charge in [-0.15, -0.1) is 0 Å². The predicted molar refractivity (Wildman–Crippen MR) is 38.4 cm³/mol. The number of carboxylic acids is 1. The molecule has 0 aliphatic carbocycles. The maximum absolute atomic E-state index is 12.1. The van der Waals surface area contributed by atoms with E-state index in [2.05, 4.69) is 0 Å². The molecule has 0 amide bonds. The normalized spacial score (nSPS) is 10.5. The molecule has 1 N–H and O–H groups in total. The molecule has 0 aromatic heterocycles. The van der Waals surface area contributed by atoms with Crippen molar-refractivity contribution in [3.05, 3.63) is 35.4 Å². The topological polar surface area (TPSA) is 37.3 Å². The van der Waals surface area contributed by atoms with E-state index in [0.717, 1.165) is 18.2 Å². The second-order valence-corrected chi connectivity index (χ2v) is 2.35. The number of carboxylic acid groups (broad SMARTS) is 1. The number of alkyl halides is 3. The van der Waals surface area contributed by atoms with E-state index in [1.807, 2.05) is 0 Å². The van der Waals surface area contributed by atoms with Gasteiger partial charge in [0.25, 0.3) is 0 Å². The van der Waals surface area contributed by atoms with Crippen LogP contribution in [0.3, 0.4) is 0 Å². The van der Waals surface area contributed by atoms with Gasteiger partial charge in [-0.3, -0.25) is 0 Å². The zero-order valence-corrected chi connectivity index (χ0v) is 9.97. The first-order valence-corrected chi connectivity index (χ1v) is 3.32. The molecule has 1 rings (SSSR count). The van der Waals surface area contributed by atoms with Gasteiger partial charge in [0, 0.05) is 19.5 Å². The summed E-state index contributed by atoms with van der Waals surface area (Å²) in [5.74, 6) is -1.58. The van der Waals surface area contributed by atoms with E-state index in [1.54, 1.807) is 0 Å². The zero-order valence-electron chi connectivity index (χ0n) is 7.01. The third-order valence-corrected chi connectivity index (χ3v) is 1.46. The van der Waals surface area contributed by atoms with Crippen LogP contribution in [0, 0.1) is 0 Å². The monoisotopic (exact) mass is 254 g/mol. The smallest absolute Gasteiger partial charge is 0.417 e. The Kier molecular flexibility index (Phi) is 4.26. The molecule has 2 nitrogen and oxygen atoms in total. The van der Waals surface area contributed by atoms with Crippen LogP contribution >= 0.6 is 0 Å². The van der Waals surface area contributed by atoms with Gasteiger partial charge in [-0.05, 0) is 12.1 Å². The number of aromatic carboxylic acids is 1. The zero-order chi connectivity index (χ0) is 10.1. The van der Waals surface area contributed by atoms with E-state index >= 15 is 0 Å². The Morgan fingerprint density at radius 1 is 1.21 bits per heavy atom. The summed E-state index contributed by atoms with van der Waals surface area (Å²) >= 11 is 0. The van der Waals surface area contributed by atoms with E-state index in [1.165, 1.54) is 6.07 Å². The van der Waals surface area contributed by atoms with Crippen molar-refractivity contribution in [2.75, 3.05) is 0 Å². The van der Waals surface area contributed by atoms with Gasteiger partial charge in [0.1, 0.15) is 0 Å². The second-order valence-electron chi connectivity index (χ2n) is 2.35. The van der Waals surface area contributed by atoms with Crippen LogP contribution in [0.5, 0.6) is 0 Å². The van der Waals surface area contributed by atoms with E-state index < -0.39 is 23.3 Å². The first-order chi connectivity index (χ1) is 5.93. The van der Waals surface area contributed by atoms with E-state index in [4.69, 9.17) is 5.11 Å². The fraction of sp³-hybridized carbons (Fsp3) is 0.125. The molecule has 1 aromatic rings. The molecule has 0 heterocycles. The van der Waals surface area contributed by atoms with E-state index in [0.29, 0.717) is 0 Å². The summed E-state index contributed by atoms with van der Waals surface area (Å²) < 4.78 is 36.4. The van der Waals surface area contributed by atoms with E-state index in [-0.39, 0.29) is 19.5 Å². The summed E-state index contributed by atoms with van der Waals surface area (Å²) in [5.41, 5.74) is -1.85. The summed E-state index contributed by atoms with van der Waals surface area (Å²) in [6.45, 7) is 0. The molecule has 0 atom stereocenters. The standard InChI is InChI=1S/C8H5F3O2.Zn/c9-8(10,11)6-4-2-1-3-5(6)7(12)13;/h1-4H,(H,12,13);. The minimum atomic E-state index is -4.62. The first kappa shape index (κ1) is 13.1. The Morgan fingerprint density at radius 2 is 1.71 bits per heavy atom. The molecule has 0 radical (unpaired) electrons. The molecule has 0 unspecified atom stereocenters. The van der Waals surface area contributed by atoms with Crippen molar-refractivity contribution in [1.82, 2.24) is 0 Å². The fourth-order valence-corrected chi connectivity index (χ4v) is 0.917.